The smallest absolute Gasteiger partial charge is 0.405 e. The van der Waals surface area contributed by atoms with E-state index in [0.29, 0.717) is 0 Å². The molecule has 12 aromatic carbocycles. The SMILES string of the molecule is CB1OC(C)(C)C(C)(C)O1.CC.CC.CC.CC.CC.CC.CC.CC.CC.CC1(C)OB(B2OC(C)(C)C(C)(C)O2)OC1(C)C.CCl.CCl.Cc1c2c(cc3ccccc13)Cc1ccc3c(c1-2)-c1ccccc1C3.c1cc2c3c(c1)Cc1c4c(cc5ccccc15)Cc1ccc(c-3c1-4)C2.c1cc2c3c(c1)Cc1c4c(cc5ccccc15)Cc1ccc(c-3c1-4)C2. The summed E-state index contributed by atoms with van der Waals surface area (Å²) in [7, 11) is -1.02. The van der Waals surface area contributed by atoms with Crippen molar-refractivity contribution < 1.29 is 27.9 Å². The minimum absolute atomic E-state index is 0.0648. The third kappa shape index (κ3) is 19.2. The number of hydrogen-bond donors (Lipinski definition) is 0. The molecular formula is C114H149B3Cl2O6. The highest BCUT2D eigenvalue weighted by molar-refractivity contribution is 7.11. The molecule has 125 heavy (non-hydrogen) atoms. The number of halogens is 2. The molecule has 3 heterocycles. The van der Waals surface area contributed by atoms with Gasteiger partial charge in [-0.15, -0.1) is 23.2 Å². The van der Waals surface area contributed by atoms with Gasteiger partial charge in [-0.05, 0) is 342 Å². The highest BCUT2D eigenvalue weighted by atomic mass is 35.5. The molecule has 6 nitrogen and oxygen atoms in total. The normalized spacial score (nSPS) is 16.0. The van der Waals surface area contributed by atoms with Crippen molar-refractivity contribution in [2.75, 3.05) is 12.8 Å². The number of alkyl halides is 2. The first-order valence-corrected chi connectivity index (χ1v) is 49.0. The molecule has 23 rings (SSSR count). The third-order valence-electron chi connectivity index (χ3n) is 26.2. The van der Waals surface area contributed by atoms with Crippen molar-refractivity contribution in [3.8, 4) is 66.8 Å². The summed E-state index contributed by atoms with van der Waals surface area (Å²) < 4.78 is 34.9. The zero-order valence-corrected chi connectivity index (χ0v) is 84.5. The summed E-state index contributed by atoms with van der Waals surface area (Å²) in [4.78, 5) is 0. The molecule has 0 amide bonds. The van der Waals surface area contributed by atoms with E-state index in [2.05, 4.69) is 246 Å². The lowest BCUT2D eigenvalue weighted by Crippen LogP contribution is -2.41. The van der Waals surface area contributed by atoms with Crippen LogP contribution in [0.1, 0.15) is 302 Å². The average molecular weight is 1720 g/mol. The summed E-state index contributed by atoms with van der Waals surface area (Å²) in [5.41, 5.74) is 42.2. The summed E-state index contributed by atoms with van der Waals surface area (Å²) in [6, 6.07) is 71.0. The van der Waals surface area contributed by atoms with Gasteiger partial charge in [0.25, 0.3) is 0 Å². The number of fused-ring (bicyclic) bond motifs is 12. The van der Waals surface area contributed by atoms with Crippen LogP contribution in [0.25, 0.3) is 99.1 Å². The van der Waals surface area contributed by atoms with Gasteiger partial charge in [0.15, 0.2) is 0 Å². The van der Waals surface area contributed by atoms with Gasteiger partial charge in [0.05, 0.1) is 33.6 Å². The average Bonchev–Trinajstić information content (AvgIpc) is 1.55. The van der Waals surface area contributed by atoms with E-state index in [9.17, 15) is 0 Å². The van der Waals surface area contributed by atoms with Crippen LogP contribution < -0.4 is 0 Å². The predicted octanol–water partition coefficient (Wildman–Crippen LogP) is 33.0. The standard InChI is InChI=1S/2C25H16.C25H18.C12H24B2O4.C7H15BO2.9C2H6.2CH3Cl/c2*1-2-7-20-14(4-1)10-19-12-18-9-8-17-11-15-5-3-6-16-13-21(20)23(19)25(18)24(17)22(15)16;1-15-21-8-4-2-6-16(21)13-20-14-19-11-10-18-12-17-7-3-5-9-22(17)24(18)25(19)23(15)20;1-9(2)10(3,4)16-13(15-9)14-17-11(5,6)12(7,8)18-14;1-6(2)7(3,4)10-8(5)9-6;11*1-2/h2*1-10H,11-13H2;2-11,13H,12,14H2,1H3;1-8H3;1-5H3;9*1-2H3;2*1H3. The number of benzene rings is 12. The van der Waals surface area contributed by atoms with Crippen LogP contribution in [0.2, 0.25) is 6.82 Å². The van der Waals surface area contributed by atoms with Crippen molar-refractivity contribution in [1.82, 2.24) is 0 Å². The molecule has 0 bridgehead atoms. The minimum Gasteiger partial charge on any atom is -0.405 e. The maximum Gasteiger partial charge on any atom is 0.488 e. The molecule has 11 heteroatoms. The van der Waals surface area contributed by atoms with Crippen LogP contribution in [0.15, 0.2) is 188 Å². The lowest BCUT2D eigenvalue weighted by atomic mass is 9.49. The van der Waals surface area contributed by atoms with Gasteiger partial charge in [0, 0.05) is 12.8 Å². The first kappa shape index (κ1) is 102. The second kappa shape index (κ2) is 43.8. The van der Waals surface area contributed by atoms with Crippen LogP contribution in [0.5, 0.6) is 0 Å². The second-order valence-electron chi connectivity index (χ2n) is 33.9. The third-order valence-corrected chi connectivity index (χ3v) is 26.2. The van der Waals surface area contributed by atoms with E-state index in [-0.39, 0.29) is 40.7 Å². The zero-order chi connectivity index (χ0) is 92.8. The molecule has 12 aromatic rings. The van der Waals surface area contributed by atoms with Crippen molar-refractivity contribution in [1.29, 1.82) is 0 Å². The van der Waals surface area contributed by atoms with Gasteiger partial charge in [-0.25, -0.2) is 0 Å². The molecule has 0 unspecified atom stereocenters. The van der Waals surface area contributed by atoms with Gasteiger partial charge in [0.1, 0.15) is 0 Å². The van der Waals surface area contributed by atoms with E-state index in [1.807, 2.05) is 187 Å². The number of hydrogen-bond acceptors (Lipinski definition) is 6. The highest BCUT2D eigenvalue weighted by Crippen LogP contribution is 2.58. The van der Waals surface area contributed by atoms with Crippen LogP contribution >= 0.6 is 23.2 Å². The Morgan fingerprint density at radius 1 is 0.224 bits per heavy atom. The van der Waals surface area contributed by atoms with E-state index in [1.165, 1.54) is 151 Å². The molecular weight excluding hydrogens is 1570 g/mol. The fraction of sp³-hybridized carbons (Fsp3) is 0.421. The van der Waals surface area contributed by atoms with Gasteiger partial charge >= 0.3 is 21.1 Å². The maximum atomic E-state index is 5.96. The van der Waals surface area contributed by atoms with Crippen LogP contribution in [0.3, 0.4) is 0 Å². The summed E-state index contributed by atoms with van der Waals surface area (Å²) >= 11 is 9.28. The van der Waals surface area contributed by atoms with Crippen LogP contribution in [0.4, 0.5) is 0 Å². The van der Waals surface area contributed by atoms with Crippen LogP contribution in [-0.4, -0.2) is 67.5 Å². The Kier molecular flexibility index (Phi) is 35.9. The monoisotopic (exact) mass is 1720 g/mol. The Morgan fingerprint density at radius 3 is 0.792 bits per heavy atom. The van der Waals surface area contributed by atoms with Gasteiger partial charge in [-0.2, -0.15) is 0 Å². The molecule has 0 aromatic heterocycles. The molecule has 3 saturated heterocycles. The highest BCUT2D eigenvalue weighted by Gasteiger charge is 2.64. The van der Waals surface area contributed by atoms with E-state index >= 15 is 0 Å². The van der Waals surface area contributed by atoms with Gasteiger partial charge in [-0.3, -0.25) is 0 Å². The predicted molar refractivity (Wildman–Crippen MR) is 551 cm³/mol. The Labute approximate surface area is 767 Å². The summed E-state index contributed by atoms with van der Waals surface area (Å²) in [5.74, 6) is 0. The van der Waals surface area contributed by atoms with E-state index in [1.54, 1.807) is 55.6 Å². The molecule has 0 N–H and O–H groups in total. The van der Waals surface area contributed by atoms with Crippen LogP contribution in [-0.2, 0) is 79.3 Å². The van der Waals surface area contributed by atoms with Gasteiger partial charge in [0.2, 0.25) is 0 Å². The van der Waals surface area contributed by atoms with Crippen molar-refractivity contribution in [2.24, 2.45) is 0 Å². The molecule has 3 fully saturated rings. The van der Waals surface area contributed by atoms with E-state index < -0.39 is 14.0 Å². The first-order valence-electron chi connectivity index (χ1n) is 47.5. The molecule has 3 aliphatic heterocycles. The van der Waals surface area contributed by atoms with Gasteiger partial charge < -0.3 is 27.9 Å². The first-order chi connectivity index (χ1) is 60.3. The maximum absolute atomic E-state index is 5.96. The Hall–Kier alpha value is -8.05. The fourth-order valence-corrected chi connectivity index (χ4v) is 19.2. The lowest BCUT2D eigenvalue weighted by Gasteiger charge is -2.32. The van der Waals surface area contributed by atoms with E-state index in [0.717, 1.165) is 51.4 Å². The molecule has 0 saturated carbocycles. The molecule has 0 atom stereocenters. The van der Waals surface area contributed by atoms with Crippen molar-refractivity contribution in [3.05, 3.63) is 283 Å². The summed E-state index contributed by atoms with van der Waals surface area (Å²) in [6.45, 7) is 64.6. The quantitative estimate of drug-likeness (QED) is 0.121. The van der Waals surface area contributed by atoms with E-state index in [4.69, 9.17) is 27.9 Å². The fourth-order valence-electron chi connectivity index (χ4n) is 19.2. The molecule has 0 spiro atoms. The topological polar surface area (TPSA) is 55.4 Å². The largest absolute Gasteiger partial charge is 0.488 e. The molecule has 664 valence electrons. The summed E-state index contributed by atoms with van der Waals surface area (Å²) in [6.07, 6.45) is 11.6. The van der Waals surface area contributed by atoms with Gasteiger partial charge in [-0.1, -0.05) is 313 Å². The minimum atomic E-state index is -0.476. The lowest BCUT2D eigenvalue weighted by molar-refractivity contribution is 0.00578. The zero-order valence-electron chi connectivity index (χ0n) is 83.0. The molecule has 8 aliphatic carbocycles. The Morgan fingerprint density at radius 2 is 0.456 bits per heavy atom. The number of aryl methyl sites for hydroxylation is 1. The Bertz CT molecular complexity index is 5390. The molecule has 0 radical (unpaired) electrons. The second-order valence-corrected chi connectivity index (χ2v) is 33.9. The molecule has 11 aliphatic rings. The summed E-state index contributed by atoms with van der Waals surface area (Å²) in [5, 5.41) is 8.40. The van der Waals surface area contributed by atoms with Crippen molar-refractivity contribution in [3.63, 3.8) is 0 Å². The Balaban J connectivity index is 0.000000187. The van der Waals surface area contributed by atoms with Crippen molar-refractivity contribution in [2.45, 2.75) is 306 Å². The van der Waals surface area contributed by atoms with Crippen molar-refractivity contribution >= 4 is 76.7 Å². The number of rotatable bonds is 1. The van der Waals surface area contributed by atoms with Crippen LogP contribution in [0, 0.1) is 6.92 Å².